The topological polar surface area (TPSA) is 75.7 Å². The summed E-state index contributed by atoms with van der Waals surface area (Å²) in [6.45, 7) is 0.542. The molecule has 0 aliphatic rings. The molecule has 0 saturated carbocycles. The number of aryl methyl sites for hydroxylation is 1. The number of hydrogen-bond acceptors (Lipinski definition) is 4. The smallest absolute Gasteiger partial charge is 0.330 e. The van der Waals surface area contributed by atoms with Crippen molar-refractivity contribution < 1.29 is 23.1 Å². The van der Waals surface area contributed by atoms with Crippen LogP contribution in [0, 0.1) is 0 Å². The summed E-state index contributed by atoms with van der Waals surface area (Å²) in [5.74, 6) is 0. The van der Waals surface area contributed by atoms with Crippen LogP contribution >= 0.6 is 8.60 Å². The molecule has 0 spiro atoms. The number of alkyl halides is 2. The van der Waals surface area contributed by atoms with Gasteiger partial charge < -0.3 is 15.5 Å². The molecule has 4 nitrogen and oxygen atoms in total. The van der Waals surface area contributed by atoms with Gasteiger partial charge in [0, 0.05) is 0 Å². The lowest BCUT2D eigenvalue weighted by Gasteiger charge is -2.17. The van der Waals surface area contributed by atoms with Gasteiger partial charge in [-0.2, -0.15) is 8.78 Å². The zero-order valence-corrected chi connectivity index (χ0v) is 9.91. The number of benzene rings is 1. The molecule has 0 amide bonds. The Balaban J connectivity index is 2.72. The van der Waals surface area contributed by atoms with Crippen molar-refractivity contribution in [2.75, 3.05) is 6.54 Å². The second-order valence-corrected chi connectivity index (χ2v) is 4.14. The van der Waals surface area contributed by atoms with Gasteiger partial charge in [0.25, 0.3) is 0 Å². The highest BCUT2D eigenvalue weighted by molar-refractivity contribution is 7.39. The molecule has 96 valence electrons. The van der Waals surface area contributed by atoms with Gasteiger partial charge in [-0.3, -0.25) is 0 Å². The number of rotatable bonds is 6. The van der Waals surface area contributed by atoms with E-state index in [1.807, 2.05) is 0 Å². The monoisotopic (exact) mass is 265 g/mol. The molecule has 0 bridgehead atoms. The largest absolute Gasteiger partial charge is 0.389 e. The first-order valence-corrected chi connectivity index (χ1v) is 6.16. The van der Waals surface area contributed by atoms with Gasteiger partial charge in [-0.15, -0.1) is 0 Å². The Morgan fingerprint density at radius 3 is 2.29 bits per heavy atom. The number of nitrogens with two attached hydrogens (primary N) is 1. The Morgan fingerprint density at radius 1 is 1.24 bits per heavy atom. The van der Waals surface area contributed by atoms with Crippen molar-refractivity contribution in [3.63, 3.8) is 0 Å². The fraction of sp³-hybridized carbons (Fsp3) is 0.400. The Labute approximate surface area is 99.0 Å². The van der Waals surface area contributed by atoms with Crippen LogP contribution in [0.2, 0.25) is 0 Å². The van der Waals surface area contributed by atoms with Crippen molar-refractivity contribution in [1.29, 1.82) is 0 Å². The van der Waals surface area contributed by atoms with Crippen LogP contribution in [-0.4, -0.2) is 16.3 Å². The fourth-order valence-corrected chi connectivity index (χ4v) is 1.64. The van der Waals surface area contributed by atoms with E-state index in [4.69, 9.17) is 15.5 Å². The summed E-state index contributed by atoms with van der Waals surface area (Å²) in [6.07, 6.45) is -2.19. The number of hydrogen-bond donors (Lipinski definition) is 3. The van der Waals surface area contributed by atoms with Crippen molar-refractivity contribution in [2.45, 2.75) is 19.0 Å². The summed E-state index contributed by atoms with van der Waals surface area (Å²) in [5, 5.41) is 0. The average molecular weight is 265 g/mol. The third kappa shape index (κ3) is 4.61. The predicted octanol–water partition coefficient (Wildman–Crippen LogP) is 1.86. The van der Waals surface area contributed by atoms with Crippen molar-refractivity contribution in [3.05, 3.63) is 35.4 Å². The SMILES string of the molecule is NCCCc1ccc(C(F)(F)OP(O)O)cc1. The molecule has 1 aromatic rings. The molecule has 0 saturated heterocycles. The molecule has 7 heteroatoms. The molecular weight excluding hydrogens is 251 g/mol. The maximum absolute atomic E-state index is 13.2. The summed E-state index contributed by atoms with van der Waals surface area (Å²) in [5.41, 5.74) is 5.82. The molecule has 4 N–H and O–H groups in total. The molecule has 0 aliphatic carbocycles. The Hall–Kier alpha value is -0.650. The molecule has 0 unspecified atom stereocenters. The third-order valence-corrected chi connectivity index (χ3v) is 2.55. The summed E-state index contributed by atoms with van der Waals surface area (Å²) in [7, 11) is -3.10. The maximum Gasteiger partial charge on any atom is 0.389 e. The Bertz CT molecular complexity index is 346. The highest BCUT2D eigenvalue weighted by atomic mass is 31.2. The summed E-state index contributed by atoms with van der Waals surface area (Å²) in [4.78, 5) is 16.8. The molecule has 0 fully saturated rings. The lowest BCUT2D eigenvalue weighted by Crippen LogP contribution is -2.15. The highest BCUT2D eigenvalue weighted by Crippen LogP contribution is 2.41. The van der Waals surface area contributed by atoms with Crippen LogP contribution in [0.15, 0.2) is 24.3 Å². The van der Waals surface area contributed by atoms with Crippen LogP contribution < -0.4 is 5.73 Å². The van der Waals surface area contributed by atoms with E-state index in [0.29, 0.717) is 6.54 Å². The lowest BCUT2D eigenvalue weighted by molar-refractivity contribution is -0.189. The Kier molecular flexibility index (Phi) is 5.36. The van der Waals surface area contributed by atoms with Crippen molar-refractivity contribution >= 4 is 8.60 Å². The number of halogens is 2. The van der Waals surface area contributed by atoms with Crippen LogP contribution in [0.5, 0.6) is 0 Å². The van der Waals surface area contributed by atoms with Gasteiger partial charge in [0.05, 0.1) is 5.56 Å². The second-order valence-electron chi connectivity index (χ2n) is 3.45. The minimum absolute atomic E-state index is 0.412. The van der Waals surface area contributed by atoms with Gasteiger partial charge in [-0.25, -0.2) is 4.52 Å². The van der Waals surface area contributed by atoms with E-state index in [2.05, 4.69) is 4.52 Å². The van der Waals surface area contributed by atoms with Gasteiger partial charge in [0.2, 0.25) is 0 Å². The average Bonchev–Trinajstić information content (AvgIpc) is 2.25. The van der Waals surface area contributed by atoms with E-state index in [1.54, 1.807) is 12.1 Å². The first kappa shape index (κ1) is 14.4. The van der Waals surface area contributed by atoms with Gasteiger partial charge >= 0.3 is 14.7 Å². The minimum atomic E-state index is -3.69. The van der Waals surface area contributed by atoms with Gasteiger partial charge in [-0.05, 0) is 24.9 Å². The molecule has 0 radical (unpaired) electrons. The van der Waals surface area contributed by atoms with E-state index in [0.717, 1.165) is 18.4 Å². The van der Waals surface area contributed by atoms with Gasteiger partial charge in [0.15, 0.2) is 0 Å². The predicted molar refractivity (Wildman–Crippen MR) is 60.2 cm³/mol. The molecule has 1 aromatic carbocycles. The molecule has 0 heterocycles. The zero-order valence-electron chi connectivity index (χ0n) is 9.01. The first-order chi connectivity index (χ1) is 7.95. The van der Waals surface area contributed by atoms with Crippen LogP contribution in [0.3, 0.4) is 0 Å². The quantitative estimate of drug-likeness (QED) is 0.686. The summed E-state index contributed by atoms with van der Waals surface area (Å²) in [6, 6.07) is 5.48. The van der Waals surface area contributed by atoms with E-state index < -0.39 is 20.3 Å². The van der Waals surface area contributed by atoms with Crippen LogP contribution in [-0.2, 0) is 17.1 Å². The van der Waals surface area contributed by atoms with E-state index in [9.17, 15) is 8.78 Å². The first-order valence-electron chi connectivity index (χ1n) is 5.00. The summed E-state index contributed by atoms with van der Waals surface area (Å²) < 4.78 is 30.3. The lowest BCUT2D eigenvalue weighted by atomic mass is 10.1. The normalized spacial score (nSPS) is 12.1. The second kappa shape index (κ2) is 6.33. The summed E-state index contributed by atoms with van der Waals surface area (Å²) >= 11 is 0. The van der Waals surface area contributed by atoms with Crippen LogP contribution in [0.1, 0.15) is 17.5 Å². The fourth-order valence-electron chi connectivity index (χ4n) is 1.33. The Morgan fingerprint density at radius 2 is 1.82 bits per heavy atom. The van der Waals surface area contributed by atoms with Crippen LogP contribution in [0.25, 0.3) is 0 Å². The molecule has 0 atom stereocenters. The highest BCUT2D eigenvalue weighted by Gasteiger charge is 2.36. The minimum Gasteiger partial charge on any atom is -0.330 e. The van der Waals surface area contributed by atoms with E-state index >= 15 is 0 Å². The van der Waals surface area contributed by atoms with E-state index in [-0.39, 0.29) is 0 Å². The van der Waals surface area contributed by atoms with Gasteiger partial charge in [0.1, 0.15) is 0 Å². The van der Waals surface area contributed by atoms with E-state index in [1.165, 1.54) is 12.1 Å². The third-order valence-electron chi connectivity index (χ3n) is 2.16. The molecule has 0 aromatic heterocycles. The zero-order chi connectivity index (χ0) is 12.9. The van der Waals surface area contributed by atoms with Crippen molar-refractivity contribution in [3.8, 4) is 0 Å². The standard InChI is InChI=1S/C10H14F2NO3P/c11-10(12,16-17(14)15)9-5-3-8(4-6-9)2-1-7-13/h3-6,14-15H,1-2,7,13H2. The van der Waals surface area contributed by atoms with Crippen molar-refractivity contribution in [1.82, 2.24) is 0 Å². The van der Waals surface area contributed by atoms with Crippen LogP contribution in [0.4, 0.5) is 8.78 Å². The molecular formula is C10H14F2NO3P. The molecule has 1 rings (SSSR count). The molecule has 17 heavy (non-hydrogen) atoms. The molecule has 0 aliphatic heterocycles. The van der Waals surface area contributed by atoms with Crippen molar-refractivity contribution in [2.24, 2.45) is 5.73 Å². The maximum atomic E-state index is 13.2. The van der Waals surface area contributed by atoms with Gasteiger partial charge in [-0.1, -0.05) is 24.3 Å².